The Morgan fingerprint density at radius 2 is 0.985 bits per heavy atom. The molecule has 2 aliphatic heterocycles. The lowest BCUT2D eigenvalue weighted by Crippen LogP contribution is -2.61. The molecule has 2 fully saturated rings. The number of aliphatic hydroxyl groups excluding tert-OH is 7. The Labute approximate surface area is 396 Å². The van der Waals surface area contributed by atoms with Gasteiger partial charge in [-0.05, 0) is 70.6 Å². The number of carbonyl (C=O) groups excluding carboxylic acids is 1. The summed E-state index contributed by atoms with van der Waals surface area (Å²) in [6.45, 7) is 3.48. The number of esters is 1. The standard InChI is InChI=1S/C52H90O14/c1-3-5-7-9-11-13-15-17-19-20-21-22-24-26-28-30-32-34-36-61-38-41(64-44(54)35-33-31-29-27-25-23-18-16-14-12-10-8-6-4-2)39-62-51-50(60)48(58)46(56)43(66-51)40-63-52-49(59)47(57)45(55)42(37-53)65-52/h5,7,10-13,16-19,41-43,45-53,55-60H,3-4,6,8-9,14-15,20-40H2,1-2H3/b7-5-,12-10-,13-11-,18-16-,19-17-. The molecule has 66 heavy (non-hydrogen) atoms. The second kappa shape index (κ2) is 39.5. The van der Waals surface area contributed by atoms with Crippen molar-refractivity contribution in [3.05, 3.63) is 60.8 Å². The predicted molar refractivity (Wildman–Crippen MR) is 256 cm³/mol. The van der Waals surface area contributed by atoms with Gasteiger partial charge in [0, 0.05) is 13.0 Å². The first-order chi connectivity index (χ1) is 32.1. The summed E-state index contributed by atoms with van der Waals surface area (Å²) >= 11 is 0. The van der Waals surface area contributed by atoms with E-state index in [-0.39, 0.29) is 19.6 Å². The van der Waals surface area contributed by atoms with Crippen LogP contribution in [0.5, 0.6) is 0 Å². The van der Waals surface area contributed by atoms with Crippen molar-refractivity contribution in [3.63, 3.8) is 0 Å². The fourth-order valence-electron chi connectivity index (χ4n) is 7.61. The highest BCUT2D eigenvalue weighted by Gasteiger charge is 2.47. The molecule has 0 aliphatic carbocycles. The van der Waals surface area contributed by atoms with Crippen LogP contribution in [-0.2, 0) is 33.2 Å². The molecule has 0 saturated carbocycles. The van der Waals surface area contributed by atoms with Crippen LogP contribution in [0.1, 0.15) is 162 Å². The number of unbranched alkanes of at least 4 members (excludes halogenated alkanes) is 15. The molecule has 2 aliphatic rings. The van der Waals surface area contributed by atoms with Crippen LogP contribution in [0.25, 0.3) is 0 Å². The summed E-state index contributed by atoms with van der Waals surface area (Å²) in [4.78, 5) is 13.0. The Morgan fingerprint density at radius 3 is 1.55 bits per heavy atom. The number of hydrogen-bond acceptors (Lipinski definition) is 14. The average molecular weight is 939 g/mol. The van der Waals surface area contributed by atoms with E-state index < -0.39 is 86.7 Å². The van der Waals surface area contributed by atoms with Gasteiger partial charge in [0.1, 0.15) is 54.9 Å². The first-order valence-electron chi connectivity index (χ1n) is 25.4. The third kappa shape index (κ3) is 27.0. The zero-order valence-electron chi connectivity index (χ0n) is 40.4. The Bertz CT molecular complexity index is 1320. The van der Waals surface area contributed by atoms with Gasteiger partial charge in [0.05, 0.1) is 26.4 Å². The maximum absolute atomic E-state index is 13.0. The lowest BCUT2D eigenvalue weighted by molar-refractivity contribution is -0.332. The predicted octanol–water partition coefficient (Wildman–Crippen LogP) is 7.35. The molecular weight excluding hydrogens is 849 g/mol. The van der Waals surface area contributed by atoms with Crippen molar-refractivity contribution in [2.45, 2.75) is 229 Å². The van der Waals surface area contributed by atoms with Gasteiger partial charge in [-0.2, -0.15) is 0 Å². The van der Waals surface area contributed by atoms with E-state index >= 15 is 0 Å². The zero-order valence-corrected chi connectivity index (χ0v) is 40.4. The quantitative estimate of drug-likeness (QED) is 0.0183. The lowest BCUT2D eigenvalue weighted by Gasteiger charge is -2.42. The van der Waals surface area contributed by atoms with Crippen LogP contribution in [0.2, 0.25) is 0 Å². The van der Waals surface area contributed by atoms with E-state index in [0.717, 1.165) is 89.9 Å². The molecule has 382 valence electrons. The molecule has 0 aromatic heterocycles. The van der Waals surface area contributed by atoms with Crippen molar-refractivity contribution >= 4 is 5.97 Å². The molecule has 2 rings (SSSR count). The molecule has 0 aromatic rings. The van der Waals surface area contributed by atoms with Crippen molar-refractivity contribution < 1.29 is 69.0 Å². The highest BCUT2D eigenvalue weighted by Crippen LogP contribution is 2.26. The monoisotopic (exact) mass is 939 g/mol. The van der Waals surface area contributed by atoms with Crippen LogP contribution in [0.4, 0.5) is 0 Å². The summed E-state index contributed by atoms with van der Waals surface area (Å²) in [7, 11) is 0. The second-order valence-electron chi connectivity index (χ2n) is 17.6. The minimum Gasteiger partial charge on any atom is -0.457 e. The topological polar surface area (TPSA) is 214 Å². The first-order valence-corrected chi connectivity index (χ1v) is 25.4. The molecule has 11 unspecified atom stereocenters. The second-order valence-corrected chi connectivity index (χ2v) is 17.6. The molecule has 11 atom stereocenters. The van der Waals surface area contributed by atoms with Crippen LogP contribution >= 0.6 is 0 Å². The number of carbonyl (C=O) groups is 1. The average Bonchev–Trinajstić information content (AvgIpc) is 3.31. The Morgan fingerprint density at radius 1 is 0.515 bits per heavy atom. The van der Waals surface area contributed by atoms with E-state index in [0.29, 0.717) is 13.0 Å². The Kier molecular flexibility index (Phi) is 35.8. The summed E-state index contributed by atoms with van der Waals surface area (Å²) in [6, 6.07) is 0. The molecular formula is C52H90O14. The van der Waals surface area contributed by atoms with Gasteiger partial charge in [-0.3, -0.25) is 4.79 Å². The van der Waals surface area contributed by atoms with Crippen LogP contribution in [0, 0.1) is 0 Å². The molecule has 2 heterocycles. The smallest absolute Gasteiger partial charge is 0.306 e. The summed E-state index contributed by atoms with van der Waals surface area (Å²) in [5.74, 6) is -0.396. The van der Waals surface area contributed by atoms with E-state index in [4.69, 9.17) is 28.4 Å². The number of rotatable bonds is 39. The van der Waals surface area contributed by atoms with Crippen LogP contribution < -0.4 is 0 Å². The molecule has 7 N–H and O–H groups in total. The fourth-order valence-corrected chi connectivity index (χ4v) is 7.61. The van der Waals surface area contributed by atoms with Gasteiger partial charge in [-0.25, -0.2) is 0 Å². The normalized spacial score (nSPS) is 26.8. The van der Waals surface area contributed by atoms with Crippen LogP contribution in [0.15, 0.2) is 60.8 Å². The largest absolute Gasteiger partial charge is 0.457 e. The van der Waals surface area contributed by atoms with Crippen molar-refractivity contribution in [1.29, 1.82) is 0 Å². The Balaban J connectivity index is 1.78. The van der Waals surface area contributed by atoms with E-state index in [1.807, 2.05) is 0 Å². The van der Waals surface area contributed by atoms with Crippen LogP contribution in [-0.4, -0.2) is 142 Å². The third-order valence-corrected chi connectivity index (χ3v) is 11.8. The zero-order chi connectivity index (χ0) is 48.0. The van der Waals surface area contributed by atoms with Crippen molar-refractivity contribution in [2.24, 2.45) is 0 Å². The summed E-state index contributed by atoms with van der Waals surface area (Å²) in [5.41, 5.74) is 0. The molecule has 0 spiro atoms. The molecule has 14 nitrogen and oxygen atoms in total. The van der Waals surface area contributed by atoms with Gasteiger partial charge >= 0.3 is 5.97 Å². The molecule has 0 bridgehead atoms. The highest BCUT2D eigenvalue weighted by atomic mass is 16.7. The Hall–Kier alpha value is -2.31. The number of ether oxygens (including phenoxy) is 6. The summed E-state index contributed by atoms with van der Waals surface area (Å²) in [5, 5.41) is 72.1. The van der Waals surface area contributed by atoms with Gasteiger partial charge in [0.25, 0.3) is 0 Å². The molecule has 0 aromatic carbocycles. The summed E-state index contributed by atoms with van der Waals surface area (Å²) < 4.78 is 34.2. The van der Waals surface area contributed by atoms with Gasteiger partial charge in [0.2, 0.25) is 0 Å². The summed E-state index contributed by atoms with van der Waals surface area (Å²) in [6.07, 6.45) is 29.9. The number of hydrogen-bond donors (Lipinski definition) is 7. The number of aliphatic hydroxyl groups is 7. The highest BCUT2D eigenvalue weighted by molar-refractivity contribution is 5.69. The number of allylic oxidation sites excluding steroid dienone is 10. The van der Waals surface area contributed by atoms with Gasteiger partial charge in [-0.1, -0.05) is 145 Å². The lowest BCUT2D eigenvalue weighted by atomic mass is 9.98. The fraction of sp³-hybridized carbons (Fsp3) is 0.788. The first kappa shape index (κ1) is 59.8. The maximum Gasteiger partial charge on any atom is 0.306 e. The van der Waals surface area contributed by atoms with Gasteiger partial charge in [-0.15, -0.1) is 0 Å². The molecule has 2 saturated heterocycles. The van der Waals surface area contributed by atoms with Gasteiger partial charge < -0.3 is 64.2 Å². The van der Waals surface area contributed by atoms with Gasteiger partial charge in [0.15, 0.2) is 12.6 Å². The van der Waals surface area contributed by atoms with E-state index in [1.54, 1.807) is 0 Å². The third-order valence-electron chi connectivity index (χ3n) is 11.8. The van der Waals surface area contributed by atoms with Crippen molar-refractivity contribution in [2.75, 3.05) is 33.0 Å². The maximum atomic E-state index is 13.0. The minimum absolute atomic E-state index is 0.0481. The van der Waals surface area contributed by atoms with E-state index in [9.17, 15) is 40.5 Å². The molecule has 0 amide bonds. The van der Waals surface area contributed by atoms with Crippen molar-refractivity contribution in [1.82, 2.24) is 0 Å². The van der Waals surface area contributed by atoms with Crippen LogP contribution in [0.3, 0.4) is 0 Å². The van der Waals surface area contributed by atoms with E-state index in [2.05, 4.69) is 74.6 Å². The minimum atomic E-state index is -1.71. The van der Waals surface area contributed by atoms with Crippen molar-refractivity contribution in [3.8, 4) is 0 Å². The molecule has 14 heteroatoms. The molecule has 0 radical (unpaired) electrons. The SMILES string of the molecule is CC/C=C\C/C=C\C/C=C\CCCCCCCCCCOCC(COC1OC(COC2OC(CO)C(O)C(O)C2O)C(O)C(O)C1O)OC(=O)CCCCCCC/C=C\C/C=C\CCCC. The van der Waals surface area contributed by atoms with E-state index in [1.165, 1.54) is 44.9 Å².